The van der Waals surface area contributed by atoms with E-state index < -0.39 is 11.8 Å². The minimum Gasteiger partial charge on any atom is -0.350 e. The number of anilines is 1. The van der Waals surface area contributed by atoms with Crippen molar-refractivity contribution in [2.75, 3.05) is 18.4 Å². The second-order valence-corrected chi connectivity index (χ2v) is 7.61. The quantitative estimate of drug-likeness (QED) is 0.777. The van der Waals surface area contributed by atoms with Gasteiger partial charge >= 0.3 is 11.8 Å². The molecule has 2 N–H and O–H groups in total. The Morgan fingerprint density at radius 1 is 1.14 bits per heavy atom. The predicted molar refractivity (Wildman–Crippen MR) is 103 cm³/mol. The Balaban J connectivity index is 1.31. The molecule has 1 saturated heterocycles. The fourth-order valence-corrected chi connectivity index (χ4v) is 3.31. The number of amides is 3. The van der Waals surface area contributed by atoms with Crippen LogP contribution in [0.4, 0.5) is 5.69 Å². The van der Waals surface area contributed by atoms with Crippen molar-refractivity contribution in [2.24, 2.45) is 5.92 Å². The molecule has 8 nitrogen and oxygen atoms in total. The lowest BCUT2D eigenvalue weighted by molar-refractivity contribution is -0.147. The van der Waals surface area contributed by atoms with E-state index in [1.165, 1.54) is 11.1 Å². The van der Waals surface area contributed by atoms with Crippen molar-refractivity contribution in [1.82, 2.24) is 20.0 Å². The van der Waals surface area contributed by atoms with Gasteiger partial charge in [-0.3, -0.25) is 14.4 Å². The molecule has 0 radical (unpaired) electrons. The van der Waals surface area contributed by atoms with E-state index in [1.807, 2.05) is 26.0 Å². The largest absolute Gasteiger partial charge is 0.350 e. The van der Waals surface area contributed by atoms with Crippen LogP contribution in [0.25, 0.3) is 5.69 Å². The molecule has 0 bridgehead atoms. The Labute approximate surface area is 162 Å². The van der Waals surface area contributed by atoms with Crippen LogP contribution >= 0.6 is 0 Å². The van der Waals surface area contributed by atoms with Crippen LogP contribution in [0.5, 0.6) is 0 Å². The molecule has 2 fully saturated rings. The molecule has 146 valence electrons. The van der Waals surface area contributed by atoms with E-state index in [9.17, 15) is 14.4 Å². The van der Waals surface area contributed by atoms with Crippen LogP contribution in [-0.2, 0) is 14.4 Å². The molecule has 0 unspecified atom stereocenters. The molecule has 1 aromatic heterocycles. The van der Waals surface area contributed by atoms with Crippen molar-refractivity contribution in [3.63, 3.8) is 0 Å². The number of carbonyl (C=O) groups excluding carboxylic acids is 3. The van der Waals surface area contributed by atoms with E-state index in [2.05, 4.69) is 21.8 Å². The molecule has 1 aromatic carbocycles. The summed E-state index contributed by atoms with van der Waals surface area (Å²) in [7, 11) is 0. The Bertz CT molecular complexity index is 941. The summed E-state index contributed by atoms with van der Waals surface area (Å²) >= 11 is 0. The zero-order chi connectivity index (χ0) is 19.8. The Morgan fingerprint density at radius 3 is 2.57 bits per heavy atom. The number of nitrogens with zero attached hydrogens (tertiary/aromatic N) is 3. The monoisotopic (exact) mass is 381 g/mol. The number of aromatic nitrogens is 2. The van der Waals surface area contributed by atoms with Crippen LogP contribution in [0, 0.1) is 19.8 Å². The van der Waals surface area contributed by atoms with Crippen LogP contribution in [0.2, 0.25) is 0 Å². The zero-order valence-electron chi connectivity index (χ0n) is 15.9. The highest BCUT2D eigenvalue weighted by Gasteiger charge is 2.38. The van der Waals surface area contributed by atoms with E-state index in [1.54, 1.807) is 10.9 Å². The maximum Gasteiger partial charge on any atom is 0.313 e. The molecule has 3 amide bonds. The third-order valence-corrected chi connectivity index (χ3v) is 5.10. The predicted octanol–water partition coefficient (Wildman–Crippen LogP) is 1.16. The van der Waals surface area contributed by atoms with Gasteiger partial charge in [0.1, 0.15) is 0 Å². The number of hydrogen-bond donors (Lipinski definition) is 2. The fourth-order valence-electron chi connectivity index (χ4n) is 3.31. The molecule has 28 heavy (non-hydrogen) atoms. The molecule has 2 aromatic rings. The van der Waals surface area contributed by atoms with Crippen molar-refractivity contribution in [2.45, 2.75) is 32.7 Å². The van der Waals surface area contributed by atoms with Gasteiger partial charge in [-0.05, 0) is 38.3 Å². The van der Waals surface area contributed by atoms with Crippen LogP contribution in [0.15, 0.2) is 30.6 Å². The van der Waals surface area contributed by atoms with Gasteiger partial charge in [-0.25, -0.2) is 4.68 Å². The van der Waals surface area contributed by atoms with Gasteiger partial charge in [0.25, 0.3) is 0 Å². The molecule has 4 rings (SSSR count). The first kappa shape index (κ1) is 18.2. The zero-order valence-corrected chi connectivity index (χ0v) is 15.9. The van der Waals surface area contributed by atoms with Crippen LogP contribution in [-0.4, -0.2) is 51.5 Å². The average molecular weight is 381 g/mol. The Hall–Kier alpha value is -3.16. The van der Waals surface area contributed by atoms with Crippen molar-refractivity contribution < 1.29 is 14.4 Å². The summed E-state index contributed by atoms with van der Waals surface area (Å²) in [5.41, 5.74) is 3.59. The van der Waals surface area contributed by atoms with Crippen molar-refractivity contribution in [3.8, 4) is 5.69 Å². The second-order valence-electron chi connectivity index (χ2n) is 7.61. The summed E-state index contributed by atoms with van der Waals surface area (Å²) in [6.45, 7) is 4.75. The second kappa shape index (κ2) is 7.10. The smallest absolute Gasteiger partial charge is 0.313 e. The third kappa shape index (κ3) is 3.76. The number of carbonyl (C=O) groups is 3. The van der Waals surface area contributed by atoms with Gasteiger partial charge in [0.15, 0.2) is 0 Å². The fraction of sp³-hybridized carbons (Fsp3) is 0.400. The van der Waals surface area contributed by atoms with Crippen LogP contribution < -0.4 is 10.6 Å². The topological polar surface area (TPSA) is 96.3 Å². The summed E-state index contributed by atoms with van der Waals surface area (Å²) in [4.78, 5) is 37.6. The van der Waals surface area contributed by atoms with Crippen molar-refractivity contribution >= 4 is 23.4 Å². The number of benzene rings is 1. The lowest BCUT2D eigenvalue weighted by Crippen LogP contribution is -2.62. The normalized spacial score (nSPS) is 16.4. The van der Waals surface area contributed by atoms with Gasteiger partial charge in [0.2, 0.25) is 5.91 Å². The first-order valence-electron chi connectivity index (χ1n) is 9.43. The maximum absolute atomic E-state index is 12.2. The minimum absolute atomic E-state index is 0.0559. The number of nitrogens with one attached hydrogen (secondary N) is 2. The summed E-state index contributed by atoms with van der Waals surface area (Å²) in [5, 5.41) is 9.76. The number of rotatable bonds is 4. The third-order valence-electron chi connectivity index (χ3n) is 5.10. The van der Waals surface area contributed by atoms with E-state index in [-0.39, 0.29) is 17.9 Å². The molecule has 1 aliphatic heterocycles. The number of hydrogen-bond acceptors (Lipinski definition) is 4. The van der Waals surface area contributed by atoms with E-state index in [0.29, 0.717) is 18.8 Å². The average Bonchev–Trinajstić information content (AvgIpc) is 3.37. The molecule has 8 heteroatoms. The van der Waals surface area contributed by atoms with Crippen molar-refractivity contribution in [1.29, 1.82) is 0 Å². The minimum atomic E-state index is -0.702. The lowest BCUT2D eigenvalue weighted by atomic mass is 10.1. The molecule has 2 aliphatic rings. The Morgan fingerprint density at radius 2 is 1.89 bits per heavy atom. The van der Waals surface area contributed by atoms with Gasteiger partial charge in [-0.1, -0.05) is 17.7 Å². The first-order valence-corrected chi connectivity index (χ1v) is 9.43. The summed E-state index contributed by atoms with van der Waals surface area (Å²) in [6, 6.07) is 5.96. The number of likely N-dealkylation sites (tertiary alicyclic amines) is 1. The van der Waals surface area contributed by atoms with Crippen LogP contribution in [0.3, 0.4) is 0 Å². The van der Waals surface area contributed by atoms with Gasteiger partial charge in [0.05, 0.1) is 29.8 Å². The van der Waals surface area contributed by atoms with Gasteiger partial charge in [-0.15, -0.1) is 0 Å². The van der Waals surface area contributed by atoms with E-state index in [4.69, 9.17) is 0 Å². The highest BCUT2D eigenvalue weighted by Crippen LogP contribution is 2.29. The van der Waals surface area contributed by atoms with Crippen molar-refractivity contribution in [3.05, 3.63) is 41.7 Å². The van der Waals surface area contributed by atoms with Gasteiger partial charge in [0, 0.05) is 19.0 Å². The first-order chi connectivity index (χ1) is 13.4. The maximum atomic E-state index is 12.2. The van der Waals surface area contributed by atoms with E-state index in [0.717, 1.165) is 29.7 Å². The highest BCUT2D eigenvalue weighted by molar-refractivity contribution is 6.39. The lowest BCUT2D eigenvalue weighted by Gasteiger charge is -2.38. The molecular formula is C20H23N5O3. The van der Waals surface area contributed by atoms with Crippen LogP contribution in [0.1, 0.15) is 24.0 Å². The van der Waals surface area contributed by atoms with Gasteiger partial charge in [-0.2, -0.15) is 5.10 Å². The standard InChI is InChI=1S/C20H23N5O3/c1-12-3-6-17(13(2)7-12)25-11-15(8-21-25)22-19(27)20(28)24-9-16(10-24)23-18(26)14-4-5-14/h3,6-8,11,14,16H,4-5,9-10H2,1-2H3,(H,22,27)(H,23,26). The molecule has 0 spiro atoms. The molecule has 2 heterocycles. The highest BCUT2D eigenvalue weighted by atomic mass is 16.2. The summed E-state index contributed by atoms with van der Waals surface area (Å²) in [5.74, 6) is -1.11. The molecule has 1 saturated carbocycles. The SMILES string of the molecule is Cc1ccc(-n2cc(NC(=O)C(=O)N3CC(NC(=O)C4CC4)C3)cn2)c(C)c1. The molecule has 1 aliphatic carbocycles. The summed E-state index contributed by atoms with van der Waals surface area (Å²) in [6.07, 6.45) is 5.08. The Kier molecular flexibility index (Phi) is 4.62. The molecular weight excluding hydrogens is 358 g/mol. The molecule has 0 atom stereocenters. The number of aryl methyl sites for hydroxylation is 2. The van der Waals surface area contributed by atoms with Gasteiger partial charge < -0.3 is 15.5 Å². The van der Waals surface area contributed by atoms with E-state index >= 15 is 0 Å². The summed E-state index contributed by atoms with van der Waals surface area (Å²) < 4.78 is 1.67.